The molecule has 1 aromatic rings. The summed E-state index contributed by atoms with van der Waals surface area (Å²) in [7, 11) is 0. The number of nitrogens with one attached hydrogen (secondary N) is 1. The summed E-state index contributed by atoms with van der Waals surface area (Å²) < 4.78 is 0. The first-order chi connectivity index (χ1) is 7.93. The Morgan fingerprint density at radius 1 is 1.25 bits per heavy atom. The number of hydrogen-bond acceptors (Lipinski definition) is 3. The zero-order valence-corrected chi connectivity index (χ0v) is 9.39. The molecular weight excluding hydrogens is 198 g/mol. The molecule has 0 aliphatic carbocycles. The van der Waals surface area contributed by atoms with Gasteiger partial charge in [0.2, 0.25) is 0 Å². The van der Waals surface area contributed by atoms with Gasteiger partial charge in [-0.2, -0.15) is 0 Å². The first-order valence-corrected chi connectivity index (χ1v) is 6.01. The largest absolute Gasteiger partial charge is 0.331 e. The summed E-state index contributed by atoms with van der Waals surface area (Å²) in [6, 6.07) is 8.95. The van der Waals surface area contributed by atoms with E-state index in [0.717, 1.165) is 26.2 Å². The minimum atomic E-state index is 0.710. The van der Waals surface area contributed by atoms with E-state index in [1.807, 2.05) is 6.34 Å². The van der Waals surface area contributed by atoms with Crippen LogP contribution in [0.1, 0.15) is 17.9 Å². The van der Waals surface area contributed by atoms with Gasteiger partial charge in [-0.05, 0) is 36.6 Å². The van der Waals surface area contributed by atoms with Gasteiger partial charge in [0.25, 0.3) is 0 Å². The molecule has 16 heavy (non-hydrogen) atoms. The summed E-state index contributed by atoms with van der Waals surface area (Å²) in [5.74, 6) is 0.710. The zero-order chi connectivity index (χ0) is 10.8. The lowest BCUT2D eigenvalue weighted by Crippen LogP contribution is -2.18. The van der Waals surface area contributed by atoms with Gasteiger partial charge in [0.05, 0.1) is 12.9 Å². The SMILES string of the molecule is C1=NCCN1c1ccc(C2CCNC2)cc1. The van der Waals surface area contributed by atoms with Gasteiger partial charge in [-0.25, -0.2) is 0 Å². The number of rotatable bonds is 2. The summed E-state index contributed by atoms with van der Waals surface area (Å²) >= 11 is 0. The number of hydrogen-bond donors (Lipinski definition) is 1. The number of anilines is 1. The molecule has 1 aromatic carbocycles. The molecule has 0 amide bonds. The highest BCUT2D eigenvalue weighted by atomic mass is 15.2. The Morgan fingerprint density at radius 3 is 2.75 bits per heavy atom. The quantitative estimate of drug-likeness (QED) is 0.811. The van der Waals surface area contributed by atoms with Crippen molar-refractivity contribution in [1.29, 1.82) is 0 Å². The van der Waals surface area contributed by atoms with Crippen molar-refractivity contribution < 1.29 is 0 Å². The minimum Gasteiger partial charge on any atom is -0.331 e. The number of nitrogens with zero attached hydrogens (tertiary/aromatic N) is 2. The Balaban J connectivity index is 1.76. The fraction of sp³-hybridized carbons (Fsp3) is 0.462. The van der Waals surface area contributed by atoms with Crippen LogP contribution >= 0.6 is 0 Å². The van der Waals surface area contributed by atoms with Crippen LogP contribution in [0.4, 0.5) is 5.69 Å². The van der Waals surface area contributed by atoms with Crippen molar-refractivity contribution in [3.05, 3.63) is 29.8 Å². The van der Waals surface area contributed by atoms with E-state index < -0.39 is 0 Å². The number of aliphatic imine (C=N–C) groups is 1. The van der Waals surface area contributed by atoms with Crippen molar-refractivity contribution in [1.82, 2.24) is 5.32 Å². The van der Waals surface area contributed by atoms with Crippen molar-refractivity contribution in [3.63, 3.8) is 0 Å². The fourth-order valence-corrected chi connectivity index (χ4v) is 2.45. The maximum atomic E-state index is 4.23. The molecule has 3 heteroatoms. The molecule has 1 unspecified atom stereocenters. The normalized spacial score (nSPS) is 24.2. The standard InChI is InChI=1S/C13H17N3/c1-3-13(16-8-7-15-10-16)4-2-11(1)12-5-6-14-9-12/h1-4,10,12,14H,5-9H2. The van der Waals surface area contributed by atoms with Gasteiger partial charge < -0.3 is 10.2 Å². The van der Waals surface area contributed by atoms with Gasteiger partial charge in [0.1, 0.15) is 0 Å². The molecule has 1 atom stereocenters. The lowest BCUT2D eigenvalue weighted by molar-refractivity contribution is 0.763. The lowest BCUT2D eigenvalue weighted by Gasteiger charge is -2.15. The second-order valence-electron chi connectivity index (χ2n) is 4.50. The van der Waals surface area contributed by atoms with E-state index in [0.29, 0.717) is 5.92 Å². The van der Waals surface area contributed by atoms with Crippen LogP contribution in [-0.2, 0) is 0 Å². The molecule has 3 nitrogen and oxygen atoms in total. The molecule has 0 bridgehead atoms. The van der Waals surface area contributed by atoms with E-state index in [9.17, 15) is 0 Å². The summed E-state index contributed by atoms with van der Waals surface area (Å²) in [5.41, 5.74) is 2.72. The van der Waals surface area contributed by atoms with Gasteiger partial charge in [0, 0.05) is 18.8 Å². The molecule has 84 valence electrons. The highest BCUT2D eigenvalue weighted by Gasteiger charge is 2.16. The van der Waals surface area contributed by atoms with Gasteiger partial charge >= 0.3 is 0 Å². The average molecular weight is 215 g/mol. The van der Waals surface area contributed by atoms with Gasteiger partial charge in [-0.1, -0.05) is 12.1 Å². The minimum absolute atomic E-state index is 0.710. The maximum absolute atomic E-state index is 4.23. The smallest absolute Gasteiger partial charge is 0.0895 e. The van der Waals surface area contributed by atoms with Crippen LogP contribution in [0.25, 0.3) is 0 Å². The van der Waals surface area contributed by atoms with E-state index in [4.69, 9.17) is 0 Å². The van der Waals surface area contributed by atoms with Crippen LogP contribution in [0.15, 0.2) is 29.3 Å². The van der Waals surface area contributed by atoms with Crippen LogP contribution in [0, 0.1) is 0 Å². The van der Waals surface area contributed by atoms with E-state index in [2.05, 4.69) is 39.5 Å². The summed E-state index contributed by atoms with van der Waals surface area (Å²) in [6.45, 7) is 4.23. The summed E-state index contributed by atoms with van der Waals surface area (Å²) in [5, 5.41) is 3.41. The Bertz CT molecular complexity index is 377. The van der Waals surface area contributed by atoms with Crippen LogP contribution in [0.5, 0.6) is 0 Å². The molecule has 2 aliphatic rings. The van der Waals surface area contributed by atoms with Crippen molar-refractivity contribution in [2.45, 2.75) is 12.3 Å². The van der Waals surface area contributed by atoms with Gasteiger partial charge in [-0.15, -0.1) is 0 Å². The molecule has 1 saturated heterocycles. The molecular formula is C13H17N3. The van der Waals surface area contributed by atoms with Crippen molar-refractivity contribution in [2.24, 2.45) is 4.99 Å². The third-order valence-corrected chi connectivity index (χ3v) is 3.45. The van der Waals surface area contributed by atoms with Crippen molar-refractivity contribution in [3.8, 4) is 0 Å². The van der Waals surface area contributed by atoms with Crippen LogP contribution < -0.4 is 10.2 Å². The molecule has 2 aliphatic heterocycles. The monoisotopic (exact) mass is 215 g/mol. The summed E-state index contributed by atoms with van der Waals surface area (Å²) in [6.07, 6.45) is 3.21. The van der Waals surface area contributed by atoms with Crippen LogP contribution in [0.3, 0.4) is 0 Å². The molecule has 3 rings (SSSR count). The first kappa shape index (κ1) is 9.85. The lowest BCUT2D eigenvalue weighted by atomic mass is 9.98. The predicted octanol–water partition coefficient (Wildman–Crippen LogP) is 1.61. The summed E-state index contributed by atoms with van der Waals surface area (Å²) in [4.78, 5) is 6.44. The highest BCUT2D eigenvalue weighted by Crippen LogP contribution is 2.24. The molecule has 1 fully saturated rings. The third kappa shape index (κ3) is 1.83. The average Bonchev–Trinajstić information content (AvgIpc) is 3.03. The third-order valence-electron chi connectivity index (χ3n) is 3.45. The Hall–Kier alpha value is -1.35. The van der Waals surface area contributed by atoms with E-state index in [1.165, 1.54) is 17.7 Å². The van der Waals surface area contributed by atoms with E-state index in [-0.39, 0.29) is 0 Å². The van der Waals surface area contributed by atoms with E-state index >= 15 is 0 Å². The van der Waals surface area contributed by atoms with Crippen molar-refractivity contribution in [2.75, 3.05) is 31.1 Å². The van der Waals surface area contributed by atoms with Gasteiger partial charge in [-0.3, -0.25) is 4.99 Å². The molecule has 0 radical (unpaired) electrons. The Morgan fingerprint density at radius 2 is 2.12 bits per heavy atom. The topological polar surface area (TPSA) is 27.6 Å². The molecule has 0 aromatic heterocycles. The van der Waals surface area contributed by atoms with Gasteiger partial charge in [0.15, 0.2) is 0 Å². The highest BCUT2D eigenvalue weighted by molar-refractivity contribution is 5.80. The molecule has 2 heterocycles. The zero-order valence-electron chi connectivity index (χ0n) is 9.39. The molecule has 1 N–H and O–H groups in total. The maximum Gasteiger partial charge on any atom is 0.0895 e. The van der Waals surface area contributed by atoms with Crippen LogP contribution in [-0.4, -0.2) is 32.5 Å². The first-order valence-electron chi connectivity index (χ1n) is 6.01. The number of benzene rings is 1. The van der Waals surface area contributed by atoms with E-state index in [1.54, 1.807) is 0 Å². The molecule has 0 saturated carbocycles. The second kappa shape index (κ2) is 4.26. The Labute approximate surface area is 96.2 Å². The Kier molecular flexibility index (Phi) is 2.62. The fourth-order valence-electron chi connectivity index (χ4n) is 2.45. The van der Waals surface area contributed by atoms with Crippen LogP contribution in [0.2, 0.25) is 0 Å². The van der Waals surface area contributed by atoms with Crippen molar-refractivity contribution >= 4 is 12.0 Å². The predicted molar refractivity (Wildman–Crippen MR) is 67.4 cm³/mol. The molecule has 0 spiro atoms. The second-order valence-corrected chi connectivity index (χ2v) is 4.50.